The molecule has 0 spiro atoms. The SMILES string of the molecule is CC(C(=O)NC1CCCC1)N(Cc1ccc(F)cc1)C(=O)CCc1ccc2c(c1)OCCO2. The lowest BCUT2D eigenvalue weighted by atomic mass is 10.1. The Balaban J connectivity index is 1.44. The van der Waals surface area contributed by atoms with E-state index in [2.05, 4.69) is 5.32 Å². The first-order chi connectivity index (χ1) is 16.0. The van der Waals surface area contributed by atoms with Crippen molar-refractivity contribution in [1.82, 2.24) is 10.2 Å². The molecule has 7 heteroatoms. The smallest absolute Gasteiger partial charge is 0.242 e. The van der Waals surface area contributed by atoms with E-state index in [0.717, 1.165) is 36.8 Å². The number of fused-ring (bicyclic) bond motifs is 1. The molecule has 4 rings (SSSR count). The zero-order valence-corrected chi connectivity index (χ0v) is 19.0. The Labute approximate surface area is 194 Å². The van der Waals surface area contributed by atoms with Crippen molar-refractivity contribution in [3.05, 3.63) is 59.4 Å². The Bertz CT molecular complexity index is 973. The van der Waals surface area contributed by atoms with Gasteiger partial charge in [-0.25, -0.2) is 4.39 Å². The molecule has 1 heterocycles. The lowest BCUT2D eigenvalue weighted by molar-refractivity contribution is -0.140. The second-order valence-electron chi connectivity index (χ2n) is 8.79. The van der Waals surface area contributed by atoms with Crippen molar-refractivity contribution in [3.8, 4) is 11.5 Å². The summed E-state index contributed by atoms with van der Waals surface area (Å²) in [6.45, 7) is 3.05. The number of hydrogen-bond acceptors (Lipinski definition) is 4. The quantitative estimate of drug-likeness (QED) is 0.655. The predicted octanol–water partition coefficient (Wildman–Crippen LogP) is 4.01. The Morgan fingerprint density at radius 1 is 1.03 bits per heavy atom. The van der Waals surface area contributed by atoms with Gasteiger partial charge in [-0.1, -0.05) is 31.0 Å². The van der Waals surface area contributed by atoms with Crippen LogP contribution < -0.4 is 14.8 Å². The lowest BCUT2D eigenvalue weighted by Gasteiger charge is -2.30. The second kappa shape index (κ2) is 10.7. The van der Waals surface area contributed by atoms with Gasteiger partial charge in [0.1, 0.15) is 25.1 Å². The van der Waals surface area contributed by atoms with Crippen LogP contribution in [-0.4, -0.2) is 42.0 Å². The molecule has 1 fully saturated rings. The third-order valence-electron chi connectivity index (χ3n) is 6.37. The fourth-order valence-corrected chi connectivity index (χ4v) is 4.40. The summed E-state index contributed by atoms with van der Waals surface area (Å²) in [6, 6.07) is 11.3. The van der Waals surface area contributed by atoms with Gasteiger partial charge in [-0.05, 0) is 61.6 Å². The predicted molar refractivity (Wildman–Crippen MR) is 123 cm³/mol. The highest BCUT2D eigenvalue weighted by molar-refractivity contribution is 5.87. The third kappa shape index (κ3) is 6.03. The maximum absolute atomic E-state index is 13.4. The Morgan fingerprint density at radius 2 is 1.70 bits per heavy atom. The van der Waals surface area contributed by atoms with Crippen molar-refractivity contribution in [2.75, 3.05) is 13.2 Å². The second-order valence-corrected chi connectivity index (χ2v) is 8.79. The highest BCUT2D eigenvalue weighted by atomic mass is 19.1. The van der Waals surface area contributed by atoms with Gasteiger partial charge in [0.25, 0.3) is 0 Å². The molecule has 0 bridgehead atoms. The van der Waals surface area contributed by atoms with Crippen molar-refractivity contribution in [3.63, 3.8) is 0 Å². The van der Waals surface area contributed by atoms with Crippen LogP contribution in [0.2, 0.25) is 0 Å². The average molecular weight is 455 g/mol. The van der Waals surface area contributed by atoms with Gasteiger partial charge in [-0.3, -0.25) is 9.59 Å². The van der Waals surface area contributed by atoms with Crippen molar-refractivity contribution >= 4 is 11.8 Å². The fraction of sp³-hybridized carbons (Fsp3) is 0.462. The number of ether oxygens (including phenoxy) is 2. The summed E-state index contributed by atoms with van der Waals surface area (Å²) in [4.78, 5) is 27.8. The molecule has 1 N–H and O–H groups in total. The highest BCUT2D eigenvalue weighted by Crippen LogP contribution is 2.31. The molecule has 1 aliphatic heterocycles. The van der Waals surface area contributed by atoms with Gasteiger partial charge in [0.15, 0.2) is 11.5 Å². The summed E-state index contributed by atoms with van der Waals surface area (Å²) in [7, 11) is 0. The molecule has 1 saturated carbocycles. The van der Waals surface area contributed by atoms with E-state index in [0.29, 0.717) is 31.1 Å². The van der Waals surface area contributed by atoms with Crippen molar-refractivity contribution in [1.29, 1.82) is 0 Å². The molecule has 176 valence electrons. The number of rotatable bonds is 8. The van der Waals surface area contributed by atoms with Crippen LogP contribution in [-0.2, 0) is 22.6 Å². The van der Waals surface area contributed by atoms with Crippen LogP contribution in [0.3, 0.4) is 0 Å². The van der Waals surface area contributed by atoms with E-state index < -0.39 is 6.04 Å². The van der Waals surface area contributed by atoms with E-state index in [9.17, 15) is 14.0 Å². The molecule has 33 heavy (non-hydrogen) atoms. The monoisotopic (exact) mass is 454 g/mol. The van der Waals surface area contributed by atoms with E-state index in [1.54, 1.807) is 24.0 Å². The van der Waals surface area contributed by atoms with Crippen LogP contribution in [0.25, 0.3) is 0 Å². The number of nitrogens with zero attached hydrogens (tertiary/aromatic N) is 1. The van der Waals surface area contributed by atoms with Crippen molar-refractivity contribution in [2.45, 2.75) is 64.1 Å². The summed E-state index contributed by atoms with van der Waals surface area (Å²) in [5.41, 5.74) is 1.75. The number of carbonyl (C=O) groups is 2. The van der Waals surface area contributed by atoms with Crippen LogP contribution in [0.5, 0.6) is 11.5 Å². The maximum atomic E-state index is 13.4. The Hall–Kier alpha value is -3.09. The molecule has 0 saturated heterocycles. The van der Waals surface area contributed by atoms with Gasteiger partial charge in [0.05, 0.1) is 0 Å². The number of hydrogen-bond donors (Lipinski definition) is 1. The van der Waals surface area contributed by atoms with Gasteiger partial charge in [0.2, 0.25) is 11.8 Å². The molecule has 6 nitrogen and oxygen atoms in total. The molecule has 0 radical (unpaired) electrons. The molecule has 2 amide bonds. The summed E-state index contributed by atoms with van der Waals surface area (Å²) in [5, 5.41) is 3.09. The van der Waals surface area contributed by atoms with Gasteiger partial charge in [-0.2, -0.15) is 0 Å². The van der Waals surface area contributed by atoms with E-state index >= 15 is 0 Å². The third-order valence-corrected chi connectivity index (χ3v) is 6.37. The zero-order chi connectivity index (χ0) is 23.2. The molecule has 1 atom stereocenters. The largest absolute Gasteiger partial charge is 0.486 e. The van der Waals surface area contributed by atoms with Crippen LogP contribution in [0.1, 0.15) is 50.2 Å². The highest BCUT2D eigenvalue weighted by Gasteiger charge is 2.28. The summed E-state index contributed by atoms with van der Waals surface area (Å²) >= 11 is 0. The number of aryl methyl sites for hydroxylation is 1. The summed E-state index contributed by atoms with van der Waals surface area (Å²) in [5.74, 6) is 0.812. The first kappa shape index (κ1) is 23.1. The normalized spacial score (nSPS) is 16.3. The minimum Gasteiger partial charge on any atom is -0.486 e. The van der Waals surface area contributed by atoms with Gasteiger partial charge >= 0.3 is 0 Å². The first-order valence-electron chi connectivity index (χ1n) is 11.7. The Kier molecular flexibility index (Phi) is 7.47. The molecule has 2 aromatic rings. The maximum Gasteiger partial charge on any atom is 0.242 e. The number of benzene rings is 2. The molecule has 2 aliphatic rings. The minimum atomic E-state index is -0.622. The van der Waals surface area contributed by atoms with Gasteiger partial charge < -0.3 is 19.7 Å². The van der Waals surface area contributed by atoms with E-state index in [4.69, 9.17) is 9.47 Å². The minimum absolute atomic E-state index is 0.122. The topological polar surface area (TPSA) is 67.9 Å². The van der Waals surface area contributed by atoms with Crippen LogP contribution in [0.15, 0.2) is 42.5 Å². The number of halogens is 1. The fourth-order valence-electron chi connectivity index (χ4n) is 4.40. The standard InChI is InChI=1S/C26H31FN2O4/c1-18(26(31)28-22-4-2-3-5-22)29(17-20-6-10-21(27)11-7-20)25(30)13-9-19-8-12-23-24(16-19)33-15-14-32-23/h6-8,10-12,16,18,22H,2-5,9,13-15,17H2,1H3,(H,28,31). The molecular formula is C26H31FN2O4. The van der Waals surface area contributed by atoms with Crippen LogP contribution in [0.4, 0.5) is 4.39 Å². The molecular weight excluding hydrogens is 423 g/mol. The van der Waals surface area contributed by atoms with Crippen LogP contribution in [0, 0.1) is 5.82 Å². The number of amides is 2. The van der Waals surface area contributed by atoms with E-state index in [1.165, 1.54) is 12.1 Å². The molecule has 1 aliphatic carbocycles. The molecule has 0 aromatic heterocycles. The lowest BCUT2D eigenvalue weighted by Crippen LogP contribution is -2.49. The van der Waals surface area contributed by atoms with Gasteiger partial charge in [0, 0.05) is 19.0 Å². The van der Waals surface area contributed by atoms with E-state index in [1.807, 2.05) is 18.2 Å². The number of nitrogens with one attached hydrogen (secondary N) is 1. The molecule has 1 unspecified atom stereocenters. The van der Waals surface area contributed by atoms with E-state index in [-0.39, 0.29) is 36.6 Å². The average Bonchev–Trinajstić information content (AvgIpc) is 3.34. The van der Waals surface area contributed by atoms with Gasteiger partial charge in [-0.15, -0.1) is 0 Å². The Morgan fingerprint density at radius 3 is 2.42 bits per heavy atom. The van der Waals surface area contributed by atoms with Crippen molar-refractivity contribution < 1.29 is 23.5 Å². The first-order valence-corrected chi connectivity index (χ1v) is 11.7. The number of carbonyl (C=O) groups excluding carboxylic acids is 2. The summed E-state index contributed by atoms with van der Waals surface area (Å²) < 4.78 is 24.6. The molecule has 2 aromatic carbocycles. The zero-order valence-electron chi connectivity index (χ0n) is 19.0. The van der Waals surface area contributed by atoms with Crippen molar-refractivity contribution in [2.24, 2.45) is 0 Å². The summed E-state index contributed by atoms with van der Waals surface area (Å²) in [6.07, 6.45) is 4.97. The van der Waals surface area contributed by atoms with Crippen LogP contribution >= 0.6 is 0 Å².